The van der Waals surface area contributed by atoms with Gasteiger partial charge in [0.05, 0.1) is 16.8 Å². The molecule has 0 fully saturated rings. The van der Waals surface area contributed by atoms with Crippen LogP contribution in [0.1, 0.15) is 15.9 Å². The third kappa shape index (κ3) is 2.78. The molecule has 2 aromatic carbocycles. The molecule has 0 aliphatic carbocycles. The minimum atomic E-state index is -0.647. The maximum Gasteiger partial charge on any atom is 0.259 e. The summed E-state index contributed by atoms with van der Waals surface area (Å²) in [6, 6.07) is 10.6. The Balaban J connectivity index is 2.36. The first kappa shape index (κ1) is 14.0. The molecule has 0 heterocycles. The molecule has 20 heavy (non-hydrogen) atoms. The Labute approximate surface area is 123 Å². The lowest BCUT2D eigenvalue weighted by molar-refractivity contribution is 0.102. The minimum Gasteiger partial charge on any atom is -0.399 e. The molecule has 0 aliphatic heterocycles. The highest BCUT2D eigenvalue weighted by Crippen LogP contribution is 2.23. The maximum absolute atomic E-state index is 13.7. The van der Waals surface area contributed by atoms with Gasteiger partial charge in [-0.15, -0.1) is 0 Å². The molecule has 6 heteroatoms. The van der Waals surface area contributed by atoms with Gasteiger partial charge in [0.15, 0.2) is 0 Å². The molecule has 100 valence electrons. The molecule has 0 aliphatic rings. The number of benzene rings is 2. The van der Waals surface area contributed by atoms with Gasteiger partial charge in [0.25, 0.3) is 5.91 Å². The van der Waals surface area contributed by atoms with Crippen LogP contribution in [-0.2, 0) is 0 Å². The smallest absolute Gasteiger partial charge is 0.259 e. The third-order valence-corrected chi connectivity index (χ3v) is 3.26. The zero-order chi connectivity index (χ0) is 14.7. The van der Waals surface area contributed by atoms with Crippen LogP contribution in [0.2, 0.25) is 0 Å². The standard InChI is InChI=1S/C14H9BrFN3O/c15-10-2-1-3-11(16)13(10)14(20)19-12-5-4-9(18)6-8(12)7-17/h1-6H,18H2,(H,19,20). The number of nitrogens with zero attached hydrogens (tertiary/aromatic N) is 1. The van der Waals surface area contributed by atoms with Crippen molar-refractivity contribution < 1.29 is 9.18 Å². The molecular weight excluding hydrogens is 325 g/mol. The lowest BCUT2D eigenvalue weighted by Crippen LogP contribution is -2.15. The zero-order valence-electron chi connectivity index (χ0n) is 10.2. The first-order chi connectivity index (χ1) is 9.52. The van der Waals surface area contributed by atoms with Gasteiger partial charge < -0.3 is 11.1 Å². The predicted molar refractivity (Wildman–Crippen MR) is 77.6 cm³/mol. The van der Waals surface area contributed by atoms with Gasteiger partial charge >= 0.3 is 0 Å². The molecule has 0 saturated heterocycles. The van der Waals surface area contributed by atoms with Crippen molar-refractivity contribution in [3.05, 3.63) is 57.8 Å². The summed E-state index contributed by atoms with van der Waals surface area (Å²) < 4.78 is 14.0. The van der Waals surface area contributed by atoms with E-state index in [1.807, 2.05) is 6.07 Å². The molecule has 1 amide bonds. The van der Waals surface area contributed by atoms with Crippen LogP contribution < -0.4 is 11.1 Å². The van der Waals surface area contributed by atoms with E-state index in [9.17, 15) is 9.18 Å². The highest BCUT2D eigenvalue weighted by Gasteiger charge is 2.16. The summed E-state index contributed by atoms with van der Waals surface area (Å²) in [5.74, 6) is -1.29. The summed E-state index contributed by atoms with van der Waals surface area (Å²) in [5.41, 5.74) is 6.35. The summed E-state index contributed by atoms with van der Waals surface area (Å²) in [6.07, 6.45) is 0. The van der Waals surface area contributed by atoms with Gasteiger partial charge in [-0.3, -0.25) is 4.79 Å². The van der Waals surface area contributed by atoms with E-state index in [0.29, 0.717) is 10.2 Å². The van der Waals surface area contributed by atoms with Crippen LogP contribution in [0.15, 0.2) is 40.9 Å². The summed E-state index contributed by atoms with van der Waals surface area (Å²) in [4.78, 5) is 12.1. The average Bonchev–Trinajstić information content (AvgIpc) is 2.40. The SMILES string of the molecule is N#Cc1cc(N)ccc1NC(=O)c1c(F)cccc1Br. The van der Waals surface area contributed by atoms with E-state index >= 15 is 0 Å². The van der Waals surface area contributed by atoms with Crippen molar-refractivity contribution in [1.82, 2.24) is 0 Å². The van der Waals surface area contributed by atoms with Gasteiger partial charge in [0.1, 0.15) is 11.9 Å². The van der Waals surface area contributed by atoms with E-state index < -0.39 is 11.7 Å². The largest absolute Gasteiger partial charge is 0.399 e. The second-order valence-electron chi connectivity index (χ2n) is 3.97. The number of anilines is 2. The molecule has 0 atom stereocenters. The molecular formula is C14H9BrFN3O. The summed E-state index contributed by atoms with van der Waals surface area (Å²) >= 11 is 3.12. The normalized spacial score (nSPS) is 9.85. The van der Waals surface area contributed by atoms with E-state index in [1.54, 1.807) is 12.1 Å². The van der Waals surface area contributed by atoms with Crippen LogP contribution in [0.25, 0.3) is 0 Å². The molecule has 0 aromatic heterocycles. The Morgan fingerprint density at radius 2 is 2.10 bits per heavy atom. The number of nitrogen functional groups attached to an aromatic ring is 1. The van der Waals surface area contributed by atoms with Crippen molar-refractivity contribution in [2.45, 2.75) is 0 Å². The summed E-state index contributed by atoms with van der Waals surface area (Å²) in [5, 5.41) is 11.5. The first-order valence-electron chi connectivity index (χ1n) is 5.58. The van der Waals surface area contributed by atoms with Crippen LogP contribution >= 0.6 is 15.9 Å². The number of halogens is 2. The minimum absolute atomic E-state index is 0.117. The highest BCUT2D eigenvalue weighted by atomic mass is 79.9. The Kier molecular flexibility index (Phi) is 4.01. The fourth-order valence-electron chi connectivity index (χ4n) is 1.66. The number of hydrogen-bond donors (Lipinski definition) is 2. The topological polar surface area (TPSA) is 78.9 Å². The number of hydrogen-bond acceptors (Lipinski definition) is 3. The molecule has 0 unspecified atom stereocenters. The Morgan fingerprint density at radius 1 is 1.35 bits per heavy atom. The maximum atomic E-state index is 13.7. The van der Waals surface area contributed by atoms with Gasteiger partial charge in [0, 0.05) is 10.2 Å². The number of carbonyl (C=O) groups excluding carboxylic acids is 1. The number of amides is 1. The van der Waals surface area contributed by atoms with Crippen LogP contribution in [0.4, 0.5) is 15.8 Å². The van der Waals surface area contributed by atoms with Gasteiger partial charge in [-0.2, -0.15) is 5.26 Å². The van der Waals surface area contributed by atoms with Gasteiger partial charge in [-0.1, -0.05) is 6.07 Å². The van der Waals surface area contributed by atoms with Crippen molar-refractivity contribution >= 4 is 33.2 Å². The van der Waals surface area contributed by atoms with Crippen molar-refractivity contribution in [3.8, 4) is 6.07 Å². The van der Waals surface area contributed by atoms with E-state index in [-0.39, 0.29) is 16.8 Å². The quantitative estimate of drug-likeness (QED) is 0.827. The third-order valence-electron chi connectivity index (χ3n) is 2.60. The van der Waals surface area contributed by atoms with Crippen molar-refractivity contribution in [2.24, 2.45) is 0 Å². The number of nitrogens with two attached hydrogens (primary N) is 1. The molecule has 0 spiro atoms. The van der Waals surface area contributed by atoms with Gasteiger partial charge in [-0.25, -0.2) is 4.39 Å². The van der Waals surface area contributed by atoms with Crippen molar-refractivity contribution in [1.29, 1.82) is 5.26 Å². The van der Waals surface area contributed by atoms with E-state index in [0.717, 1.165) is 0 Å². The lowest BCUT2D eigenvalue weighted by atomic mass is 10.1. The van der Waals surface area contributed by atoms with Crippen LogP contribution in [0.3, 0.4) is 0 Å². The van der Waals surface area contributed by atoms with Gasteiger partial charge in [-0.05, 0) is 46.3 Å². The van der Waals surface area contributed by atoms with E-state index in [4.69, 9.17) is 11.0 Å². The molecule has 0 bridgehead atoms. The van der Waals surface area contributed by atoms with Gasteiger partial charge in [0.2, 0.25) is 0 Å². The molecule has 4 nitrogen and oxygen atoms in total. The number of nitrogens with one attached hydrogen (secondary N) is 1. The summed E-state index contributed by atoms with van der Waals surface area (Å²) in [6.45, 7) is 0. The van der Waals surface area contributed by atoms with Crippen LogP contribution in [-0.4, -0.2) is 5.91 Å². The predicted octanol–water partition coefficient (Wildman–Crippen LogP) is 3.29. The fraction of sp³-hybridized carbons (Fsp3) is 0. The highest BCUT2D eigenvalue weighted by molar-refractivity contribution is 9.10. The Hall–Kier alpha value is -2.39. The first-order valence-corrected chi connectivity index (χ1v) is 6.37. The number of nitriles is 1. The average molecular weight is 334 g/mol. The molecule has 0 saturated carbocycles. The van der Waals surface area contributed by atoms with Crippen molar-refractivity contribution in [2.75, 3.05) is 11.1 Å². The Morgan fingerprint density at radius 3 is 2.75 bits per heavy atom. The van der Waals surface area contributed by atoms with Crippen LogP contribution in [0, 0.1) is 17.1 Å². The molecule has 0 radical (unpaired) electrons. The zero-order valence-corrected chi connectivity index (χ0v) is 11.7. The fourth-order valence-corrected chi connectivity index (χ4v) is 2.18. The number of rotatable bonds is 2. The monoisotopic (exact) mass is 333 g/mol. The second-order valence-corrected chi connectivity index (χ2v) is 4.82. The van der Waals surface area contributed by atoms with Crippen LogP contribution in [0.5, 0.6) is 0 Å². The Bertz CT molecular complexity index is 705. The van der Waals surface area contributed by atoms with E-state index in [1.165, 1.54) is 24.3 Å². The summed E-state index contributed by atoms with van der Waals surface area (Å²) in [7, 11) is 0. The second kappa shape index (κ2) is 5.72. The number of carbonyl (C=O) groups is 1. The lowest BCUT2D eigenvalue weighted by Gasteiger charge is -2.09. The van der Waals surface area contributed by atoms with Crippen molar-refractivity contribution in [3.63, 3.8) is 0 Å². The van der Waals surface area contributed by atoms with E-state index in [2.05, 4.69) is 21.2 Å². The molecule has 3 N–H and O–H groups in total. The molecule has 2 aromatic rings. The molecule has 2 rings (SSSR count).